The molecule has 1 unspecified atom stereocenters. The molecular weight excluding hydrogens is 256 g/mol. The van der Waals surface area contributed by atoms with Gasteiger partial charge < -0.3 is 19.5 Å². The lowest BCUT2D eigenvalue weighted by Crippen LogP contribution is -2.33. The number of nitrogens with one attached hydrogen (secondary N) is 1. The van der Waals surface area contributed by atoms with Crippen molar-refractivity contribution >= 4 is 0 Å². The Balaban J connectivity index is 2.45. The van der Waals surface area contributed by atoms with Crippen molar-refractivity contribution in [2.24, 2.45) is 0 Å². The van der Waals surface area contributed by atoms with E-state index in [1.54, 1.807) is 0 Å². The van der Waals surface area contributed by atoms with Gasteiger partial charge in [0.1, 0.15) is 0 Å². The first kappa shape index (κ1) is 14.0. The summed E-state index contributed by atoms with van der Waals surface area (Å²) in [5.41, 5.74) is 0.492. The molecule has 0 bridgehead atoms. The molecule has 0 radical (unpaired) electrons. The number of alkyl halides is 2. The van der Waals surface area contributed by atoms with Gasteiger partial charge in [0, 0.05) is 24.2 Å². The number of halogens is 2. The van der Waals surface area contributed by atoms with E-state index in [1.807, 2.05) is 0 Å². The molecule has 0 aromatic heterocycles. The summed E-state index contributed by atoms with van der Waals surface area (Å²) in [7, 11) is 2.91. The van der Waals surface area contributed by atoms with E-state index in [4.69, 9.17) is 14.2 Å². The highest BCUT2D eigenvalue weighted by Gasteiger charge is 2.25. The maximum Gasteiger partial charge on any atom is 0.263 e. The van der Waals surface area contributed by atoms with Crippen LogP contribution in [0, 0.1) is 0 Å². The van der Waals surface area contributed by atoms with Crippen LogP contribution in [0.1, 0.15) is 23.7 Å². The summed E-state index contributed by atoms with van der Waals surface area (Å²) in [4.78, 5) is 0. The molecule has 0 amide bonds. The fourth-order valence-corrected chi connectivity index (χ4v) is 2.15. The first-order chi connectivity index (χ1) is 9.17. The molecule has 1 N–H and O–H groups in total. The third-order valence-electron chi connectivity index (χ3n) is 3.06. The molecular formula is C13H17F2NO3. The van der Waals surface area contributed by atoms with Crippen molar-refractivity contribution in [2.45, 2.75) is 12.5 Å². The van der Waals surface area contributed by atoms with Crippen LogP contribution in [0.15, 0.2) is 12.1 Å². The molecule has 6 heteroatoms. The summed E-state index contributed by atoms with van der Waals surface area (Å²) >= 11 is 0. The average Bonchev–Trinajstić information content (AvgIpc) is 2.46. The van der Waals surface area contributed by atoms with Gasteiger partial charge in [-0.25, -0.2) is 8.78 Å². The predicted molar refractivity (Wildman–Crippen MR) is 66.1 cm³/mol. The third-order valence-corrected chi connectivity index (χ3v) is 3.06. The summed E-state index contributed by atoms with van der Waals surface area (Å²) in [5.74, 6) is 0.741. The van der Waals surface area contributed by atoms with E-state index in [1.165, 1.54) is 26.4 Å². The second-order valence-electron chi connectivity index (χ2n) is 4.21. The Morgan fingerprint density at radius 3 is 2.63 bits per heavy atom. The summed E-state index contributed by atoms with van der Waals surface area (Å²) in [5, 5.41) is 3.16. The molecule has 1 heterocycles. The minimum Gasteiger partial charge on any atom is -0.493 e. The van der Waals surface area contributed by atoms with Crippen LogP contribution in [0.2, 0.25) is 0 Å². The first-order valence-electron chi connectivity index (χ1n) is 6.03. The van der Waals surface area contributed by atoms with Gasteiger partial charge in [-0.3, -0.25) is 0 Å². The van der Waals surface area contributed by atoms with Gasteiger partial charge in [0.15, 0.2) is 11.5 Å². The standard InChI is InChI=1S/C13H17F2NO3/c1-17-10-6-8(13(14)15)5-9(12(10)18-2)11-7-16-3-4-19-11/h5-6,11,13,16H,3-4,7H2,1-2H3. The molecule has 4 nitrogen and oxygen atoms in total. The van der Waals surface area contributed by atoms with Gasteiger partial charge in [-0.15, -0.1) is 0 Å². The third kappa shape index (κ3) is 2.96. The molecule has 0 aliphatic carbocycles. The van der Waals surface area contributed by atoms with Crippen LogP contribution in [-0.2, 0) is 4.74 Å². The van der Waals surface area contributed by atoms with E-state index in [9.17, 15) is 8.78 Å². The minimum absolute atomic E-state index is 0.0955. The lowest BCUT2D eigenvalue weighted by molar-refractivity contribution is 0.0258. The van der Waals surface area contributed by atoms with Crippen LogP contribution < -0.4 is 14.8 Å². The summed E-state index contributed by atoms with van der Waals surface area (Å²) in [6.45, 7) is 1.85. The summed E-state index contributed by atoms with van der Waals surface area (Å²) in [6.07, 6.45) is -2.87. The number of hydrogen-bond donors (Lipinski definition) is 1. The number of benzene rings is 1. The molecule has 1 aromatic carbocycles. The predicted octanol–water partition coefficient (Wildman–Crippen LogP) is 2.30. The van der Waals surface area contributed by atoms with Crippen molar-refractivity contribution in [1.29, 1.82) is 0 Å². The summed E-state index contributed by atoms with van der Waals surface area (Å²) < 4.78 is 41.8. The Morgan fingerprint density at radius 2 is 2.11 bits per heavy atom. The molecule has 0 spiro atoms. The van der Waals surface area contributed by atoms with Gasteiger partial charge in [-0.2, -0.15) is 0 Å². The largest absolute Gasteiger partial charge is 0.493 e. The zero-order valence-electron chi connectivity index (χ0n) is 10.9. The van der Waals surface area contributed by atoms with E-state index < -0.39 is 6.43 Å². The molecule has 0 saturated carbocycles. The highest BCUT2D eigenvalue weighted by atomic mass is 19.3. The topological polar surface area (TPSA) is 39.7 Å². The Hall–Kier alpha value is -1.40. The van der Waals surface area contributed by atoms with Gasteiger partial charge >= 0.3 is 0 Å². The second-order valence-corrected chi connectivity index (χ2v) is 4.21. The lowest BCUT2D eigenvalue weighted by atomic mass is 10.0. The Kier molecular flexibility index (Phi) is 4.55. The normalized spacial score (nSPS) is 19.5. The van der Waals surface area contributed by atoms with Crippen LogP contribution >= 0.6 is 0 Å². The lowest BCUT2D eigenvalue weighted by Gasteiger charge is -2.26. The Bertz CT molecular complexity index is 434. The quantitative estimate of drug-likeness (QED) is 0.913. The van der Waals surface area contributed by atoms with Crippen LogP contribution in [0.3, 0.4) is 0 Å². The van der Waals surface area contributed by atoms with Crippen molar-refractivity contribution in [2.75, 3.05) is 33.9 Å². The smallest absolute Gasteiger partial charge is 0.263 e. The molecule has 1 fully saturated rings. The van der Waals surface area contributed by atoms with Crippen LogP contribution in [0.4, 0.5) is 8.78 Å². The molecule has 2 rings (SSSR count). The van der Waals surface area contributed by atoms with E-state index in [0.29, 0.717) is 30.2 Å². The van der Waals surface area contributed by atoms with Gasteiger partial charge in [-0.1, -0.05) is 0 Å². The van der Waals surface area contributed by atoms with Crippen LogP contribution in [-0.4, -0.2) is 33.9 Å². The Morgan fingerprint density at radius 1 is 1.32 bits per heavy atom. The fraction of sp³-hybridized carbons (Fsp3) is 0.538. The maximum absolute atomic E-state index is 12.9. The van der Waals surface area contributed by atoms with Crippen molar-refractivity contribution in [3.05, 3.63) is 23.3 Å². The molecule has 1 aromatic rings. The number of rotatable bonds is 4. The van der Waals surface area contributed by atoms with Crippen molar-refractivity contribution in [3.63, 3.8) is 0 Å². The summed E-state index contributed by atoms with van der Waals surface area (Å²) in [6, 6.07) is 2.72. The maximum atomic E-state index is 12.9. The van der Waals surface area contributed by atoms with Gasteiger partial charge in [0.05, 0.1) is 26.9 Å². The molecule has 1 aliphatic rings. The Labute approximate surface area is 110 Å². The molecule has 19 heavy (non-hydrogen) atoms. The van der Waals surface area contributed by atoms with Crippen LogP contribution in [0.25, 0.3) is 0 Å². The van der Waals surface area contributed by atoms with Gasteiger partial charge in [-0.05, 0) is 12.1 Å². The van der Waals surface area contributed by atoms with Gasteiger partial charge in [0.2, 0.25) is 0 Å². The van der Waals surface area contributed by atoms with Crippen LogP contribution in [0.5, 0.6) is 11.5 Å². The van der Waals surface area contributed by atoms with Crippen molar-refractivity contribution in [3.8, 4) is 11.5 Å². The average molecular weight is 273 g/mol. The van der Waals surface area contributed by atoms with E-state index in [-0.39, 0.29) is 11.7 Å². The van der Waals surface area contributed by atoms with Gasteiger partial charge in [0.25, 0.3) is 6.43 Å². The highest BCUT2D eigenvalue weighted by Crippen LogP contribution is 2.39. The monoisotopic (exact) mass is 273 g/mol. The minimum atomic E-state index is -2.56. The molecule has 1 atom stereocenters. The zero-order chi connectivity index (χ0) is 13.8. The van der Waals surface area contributed by atoms with E-state index in [2.05, 4.69) is 5.32 Å². The number of methoxy groups -OCH3 is 2. The van der Waals surface area contributed by atoms with Crippen molar-refractivity contribution < 1.29 is 23.0 Å². The second kappa shape index (κ2) is 6.16. The zero-order valence-corrected chi connectivity index (χ0v) is 10.9. The molecule has 1 aliphatic heterocycles. The number of morpholine rings is 1. The molecule has 1 saturated heterocycles. The van der Waals surface area contributed by atoms with E-state index in [0.717, 1.165) is 6.54 Å². The highest BCUT2D eigenvalue weighted by molar-refractivity contribution is 5.51. The molecule has 106 valence electrons. The first-order valence-corrected chi connectivity index (χ1v) is 6.03. The number of hydrogen-bond acceptors (Lipinski definition) is 4. The number of ether oxygens (including phenoxy) is 3. The van der Waals surface area contributed by atoms with E-state index >= 15 is 0 Å². The SMILES string of the molecule is COc1cc(C(F)F)cc(C2CNCCO2)c1OC. The van der Waals surface area contributed by atoms with Crippen molar-refractivity contribution in [1.82, 2.24) is 5.32 Å². The fourth-order valence-electron chi connectivity index (χ4n) is 2.15.